The smallest absolute Gasteiger partial charge is 0.318 e. The molecule has 0 aliphatic heterocycles. The number of fused-ring (bicyclic) bond motifs is 1. The molecule has 0 radical (unpaired) electrons. The van der Waals surface area contributed by atoms with Crippen LogP contribution in [0.3, 0.4) is 0 Å². The van der Waals surface area contributed by atoms with Gasteiger partial charge < -0.3 is 9.40 Å². The highest BCUT2D eigenvalue weighted by molar-refractivity contribution is 6.32. The van der Waals surface area contributed by atoms with Gasteiger partial charge in [-0.2, -0.15) is 0 Å². The van der Waals surface area contributed by atoms with Gasteiger partial charge in [-0.05, 0) is 62.4 Å². The lowest BCUT2D eigenvalue weighted by molar-refractivity contribution is -0.384. The van der Waals surface area contributed by atoms with Crippen molar-refractivity contribution < 1.29 is 14.6 Å². The number of carbonyl (C=O) groups is 1. The number of aryl methyl sites for hydroxylation is 2. The summed E-state index contributed by atoms with van der Waals surface area (Å²) >= 11 is 5.83. The molecule has 3 aromatic rings. The van der Waals surface area contributed by atoms with Gasteiger partial charge in [0.05, 0.1) is 16.2 Å². The summed E-state index contributed by atoms with van der Waals surface area (Å²) in [6.45, 7) is 8.40. The lowest BCUT2D eigenvalue weighted by atomic mass is 9.76. The first-order valence-corrected chi connectivity index (χ1v) is 10.9. The van der Waals surface area contributed by atoms with E-state index in [1.807, 2.05) is 6.92 Å². The molecule has 1 heterocycles. The summed E-state index contributed by atoms with van der Waals surface area (Å²) in [5, 5.41) is 15.3. The third kappa shape index (κ3) is 4.54. The zero-order valence-electron chi connectivity index (χ0n) is 18.9. The Kier molecular flexibility index (Phi) is 5.84. The van der Waals surface area contributed by atoms with Gasteiger partial charge in [-0.3, -0.25) is 10.1 Å². The monoisotopic (exact) mass is 465 g/mol. The van der Waals surface area contributed by atoms with E-state index >= 15 is 0 Å². The molecular formula is C25H24ClN3O4. The molecule has 2 aromatic carbocycles. The molecule has 0 bridgehead atoms. The number of hydrogen-bond acceptors (Lipinski definition) is 5. The second-order valence-electron chi connectivity index (χ2n) is 9.17. The highest BCUT2D eigenvalue weighted by atomic mass is 35.5. The summed E-state index contributed by atoms with van der Waals surface area (Å²) < 4.78 is 2.22. The van der Waals surface area contributed by atoms with Crippen LogP contribution >= 0.6 is 11.6 Å². The van der Waals surface area contributed by atoms with Crippen LogP contribution < -0.4 is 0 Å². The molecule has 1 aliphatic rings. The fraction of sp³-hybridized carbons (Fsp3) is 0.280. The van der Waals surface area contributed by atoms with E-state index in [1.54, 1.807) is 0 Å². The number of aromatic nitrogens is 1. The fourth-order valence-electron chi connectivity index (χ4n) is 4.24. The van der Waals surface area contributed by atoms with E-state index in [9.17, 15) is 14.9 Å². The summed E-state index contributed by atoms with van der Waals surface area (Å²) in [7, 11) is 0. The summed E-state index contributed by atoms with van der Waals surface area (Å²) in [5.41, 5.74) is 5.62. The number of rotatable bonds is 4. The molecule has 0 spiro atoms. The molecule has 7 nitrogen and oxygen atoms in total. The van der Waals surface area contributed by atoms with Crippen molar-refractivity contribution in [2.75, 3.05) is 0 Å². The maximum Gasteiger partial charge on any atom is 0.365 e. The molecule has 0 amide bonds. The summed E-state index contributed by atoms with van der Waals surface area (Å²) in [6, 6.07) is 14.2. The topological polar surface area (TPSA) is 86.7 Å². The Balaban J connectivity index is 1.69. The number of oxime groups is 1. The standard InChI is InChI=1S/C25H24ClN3O4/c1-15-5-8-18(9-6-15)28-16(2)11-19-21(13-25(3,4)14-23(19)28)27-33-24(30)17-7-10-20(26)22(12-17)29(31)32/h5-12H,13-14H2,1-4H3/b27-21+. The van der Waals surface area contributed by atoms with Gasteiger partial charge in [0, 0.05) is 28.7 Å². The summed E-state index contributed by atoms with van der Waals surface area (Å²) in [5.74, 6) is -0.776. The number of benzene rings is 2. The third-order valence-corrected chi connectivity index (χ3v) is 6.12. The molecule has 170 valence electrons. The summed E-state index contributed by atoms with van der Waals surface area (Å²) in [4.78, 5) is 28.3. The second kappa shape index (κ2) is 8.48. The van der Waals surface area contributed by atoms with Gasteiger partial charge in [-0.25, -0.2) is 4.79 Å². The normalized spacial score (nSPS) is 15.8. The van der Waals surface area contributed by atoms with Crippen molar-refractivity contribution in [3.05, 3.63) is 91.7 Å². The van der Waals surface area contributed by atoms with Gasteiger partial charge in [-0.1, -0.05) is 48.3 Å². The largest absolute Gasteiger partial charge is 0.365 e. The molecule has 0 fully saturated rings. The van der Waals surface area contributed by atoms with Crippen molar-refractivity contribution in [3.63, 3.8) is 0 Å². The molecule has 0 atom stereocenters. The average Bonchev–Trinajstić information content (AvgIpc) is 3.07. The van der Waals surface area contributed by atoms with Gasteiger partial charge in [0.1, 0.15) is 5.02 Å². The predicted molar refractivity (Wildman–Crippen MR) is 127 cm³/mol. The SMILES string of the molecule is Cc1ccc(-n2c(C)cc3c2CC(C)(C)C/C3=N\OC(=O)c2ccc(Cl)c([N+](=O)[O-])c2)cc1. The average molecular weight is 466 g/mol. The van der Waals surface area contributed by atoms with E-state index in [-0.39, 0.29) is 21.7 Å². The van der Waals surface area contributed by atoms with Crippen molar-refractivity contribution in [1.29, 1.82) is 0 Å². The van der Waals surface area contributed by atoms with Gasteiger partial charge >= 0.3 is 5.97 Å². The Morgan fingerprint density at radius 3 is 2.48 bits per heavy atom. The maximum absolute atomic E-state index is 12.6. The Morgan fingerprint density at radius 1 is 1.12 bits per heavy atom. The van der Waals surface area contributed by atoms with Gasteiger partial charge in [0.15, 0.2) is 0 Å². The lowest BCUT2D eigenvalue weighted by Crippen LogP contribution is -2.28. The summed E-state index contributed by atoms with van der Waals surface area (Å²) in [6.07, 6.45) is 1.48. The third-order valence-electron chi connectivity index (χ3n) is 5.80. The molecule has 0 N–H and O–H groups in total. The lowest BCUT2D eigenvalue weighted by Gasteiger charge is -2.31. The first-order valence-electron chi connectivity index (χ1n) is 10.6. The van der Waals surface area contributed by atoms with Crippen LogP contribution in [0.2, 0.25) is 5.02 Å². The molecule has 1 aliphatic carbocycles. The van der Waals surface area contributed by atoms with E-state index in [0.717, 1.165) is 35.1 Å². The van der Waals surface area contributed by atoms with Crippen LogP contribution in [-0.2, 0) is 11.3 Å². The Bertz CT molecular complexity index is 1290. The quantitative estimate of drug-likeness (QED) is 0.261. The van der Waals surface area contributed by atoms with Crippen LogP contribution in [0.15, 0.2) is 53.7 Å². The highest BCUT2D eigenvalue weighted by Crippen LogP contribution is 2.38. The van der Waals surface area contributed by atoms with Crippen molar-refractivity contribution in [2.24, 2.45) is 10.6 Å². The molecule has 33 heavy (non-hydrogen) atoms. The van der Waals surface area contributed by atoms with Crippen molar-refractivity contribution in [1.82, 2.24) is 4.57 Å². The predicted octanol–water partition coefficient (Wildman–Crippen LogP) is 6.19. The Morgan fingerprint density at radius 2 is 1.82 bits per heavy atom. The van der Waals surface area contributed by atoms with Crippen LogP contribution in [0.5, 0.6) is 0 Å². The molecular weight excluding hydrogens is 442 g/mol. The maximum atomic E-state index is 12.6. The molecule has 8 heteroatoms. The van der Waals surface area contributed by atoms with E-state index in [2.05, 4.69) is 60.8 Å². The minimum Gasteiger partial charge on any atom is -0.318 e. The molecule has 0 unspecified atom stereocenters. The number of carbonyl (C=O) groups excluding carboxylic acids is 1. The van der Waals surface area contributed by atoms with E-state index in [0.29, 0.717) is 12.1 Å². The highest BCUT2D eigenvalue weighted by Gasteiger charge is 2.34. The Hall–Kier alpha value is -3.45. The van der Waals surface area contributed by atoms with Gasteiger partial charge in [0.2, 0.25) is 0 Å². The first kappa shape index (κ1) is 22.7. The van der Waals surface area contributed by atoms with Gasteiger partial charge in [0.25, 0.3) is 5.69 Å². The number of hydrogen-bond donors (Lipinski definition) is 0. The van der Waals surface area contributed by atoms with Crippen molar-refractivity contribution in [2.45, 2.75) is 40.5 Å². The fourth-order valence-corrected chi connectivity index (χ4v) is 4.43. The van der Waals surface area contributed by atoms with Crippen LogP contribution in [-0.4, -0.2) is 21.2 Å². The Labute approximate surface area is 196 Å². The van der Waals surface area contributed by atoms with Gasteiger partial charge in [-0.15, -0.1) is 0 Å². The second-order valence-corrected chi connectivity index (χ2v) is 9.58. The van der Waals surface area contributed by atoms with Crippen molar-refractivity contribution >= 4 is 29.0 Å². The molecule has 1 aromatic heterocycles. The van der Waals surface area contributed by atoms with Crippen LogP contribution in [0.4, 0.5) is 5.69 Å². The van der Waals surface area contributed by atoms with Crippen LogP contribution in [0.1, 0.15) is 53.1 Å². The van der Waals surface area contributed by atoms with E-state index in [1.165, 1.54) is 17.7 Å². The minimum atomic E-state index is -0.776. The first-order chi connectivity index (χ1) is 15.6. The molecule has 0 saturated heterocycles. The number of nitro benzene ring substituents is 1. The zero-order chi connectivity index (χ0) is 23.9. The van der Waals surface area contributed by atoms with Crippen LogP contribution in [0, 0.1) is 29.4 Å². The number of halogens is 1. The number of nitro groups is 1. The minimum absolute atomic E-state index is 0.0131. The van der Waals surface area contributed by atoms with Crippen LogP contribution in [0.25, 0.3) is 5.69 Å². The molecule has 0 saturated carbocycles. The zero-order valence-corrected chi connectivity index (χ0v) is 19.6. The molecule has 4 rings (SSSR count). The van der Waals surface area contributed by atoms with E-state index < -0.39 is 10.9 Å². The van der Waals surface area contributed by atoms with E-state index in [4.69, 9.17) is 16.4 Å². The number of nitrogens with zero attached hydrogens (tertiary/aromatic N) is 3. The van der Waals surface area contributed by atoms with Crippen molar-refractivity contribution in [3.8, 4) is 5.69 Å².